The van der Waals surface area contributed by atoms with Gasteiger partial charge in [-0.2, -0.15) is 11.8 Å². The minimum absolute atomic E-state index is 0.150. The van der Waals surface area contributed by atoms with Crippen LogP contribution in [0.15, 0.2) is 12.2 Å². The third kappa shape index (κ3) is 1.47. The zero-order valence-electron chi connectivity index (χ0n) is 8.16. The van der Waals surface area contributed by atoms with E-state index in [0.717, 1.165) is 12.8 Å². The summed E-state index contributed by atoms with van der Waals surface area (Å²) in [5.74, 6) is -0.314. The summed E-state index contributed by atoms with van der Waals surface area (Å²) < 4.78 is 0.150. The molecule has 0 atom stereocenters. The molecule has 0 aromatic rings. The van der Waals surface area contributed by atoms with E-state index in [1.165, 1.54) is 23.5 Å². The van der Waals surface area contributed by atoms with Gasteiger partial charge in [-0.25, -0.2) is 0 Å². The minimum atomic E-state index is -0.157. The van der Waals surface area contributed by atoms with Crippen molar-refractivity contribution in [2.24, 2.45) is 0 Å². The van der Waals surface area contributed by atoms with Crippen molar-refractivity contribution in [1.29, 1.82) is 0 Å². The highest BCUT2D eigenvalue weighted by atomic mass is 32.2. The molecule has 0 aromatic heterocycles. The fraction of sp³-hybridized carbons (Fsp3) is 0.600. The molecule has 2 rings (SSSR count). The van der Waals surface area contributed by atoms with Gasteiger partial charge in [-0.3, -0.25) is 14.5 Å². The molecule has 1 saturated carbocycles. The van der Waals surface area contributed by atoms with E-state index in [-0.39, 0.29) is 16.6 Å². The van der Waals surface area contributed by atoms with Crippen LogP contribution in [0.25, 0.3) is 0 Å². The Morgan fingerprint density at radius 2 is 1.93 bits per heavy atom. The first kappa shape index (κ1) is 9.77. The lowest BCUT2D eigenvalue weighted by molar-refractivity contribution is -0.137. The average Bonchev–Trinajstić information content (AvgIpc) is 2.41. The van der Waals surface area contributed by atoms with Crippen LogP contribution >= 0.6 is 11.8 Å². The highest BCUT2D eigenvalue weighted by Gasteiger charge is 2.40. The van der Waals surface area contributed by atoms with Crippen LogP contribution in [-0.2, 0) is 9.59 Å². The van der Waals surface area contributed by atoms with E-state index in [9.17, 15) is 9.59 Å². The summed E-state index contributed by atoms with van der Waals surface area (Å²) in [6, 6.07) is 0. The molecule has 0 saturated heterocycles. The molecule has 1 heterocycles. The van der Waals surface area contributed by atoms with Crippen LogP contribution in [0.5, 0.6) is 0 Å². The Bertz CT molecular complexity index is 284. The highest BCUT2D eigenvalue weighted by molar-refractivity contribution is 8.00. The predicted octanol–water partition coefficient (Wildman–Crippen LogP) is 1.20. The first-order valence-electron chi connectivity index (χ1n) is 4.76. The molecule has 76 valence electrons. The van der Waals surface area contributed by atoms with Crippen LogP contribution in [0.1, 0.15) is 19.3 Å². The third-order valence-corrected chi connectivity index (χ3v) is 4.45. The SMILES string of the molecule is CSC1(CN2C(=O)C=CC2=O)CCC1. The lowest BCUT2D eigenvalue weighted by Crippen LogP contribution is -2.47. The van der Waals surface area contributed by atoms with E-state index in [4.69, 9.17) is 0 Å². The van der Waals surface area contributed by atoms with Gasteiger partial charge in [-0.15, -0.1) is 0 Å². The molecule has 1 fully saturated rings. The van der Waals surface area contributed by atoms with Gasteiger partial charge in [0.25, 0.3) is 11.8 Å². The highest BCUT2D eigenvalue weighted by Crippen LogP contribution is 2.43. The lowest BCUT2D eigenvalue weighted by atomic mass is 9.84. The van der Waals surface area contributed by atoms with E-state index >= 15 is 0 Å². The predicted molar refractivity (Wildman–Crippen MR) is 56.0 cm³/mol. The van der Waals surface area contributed by atoms with Crippen LogP contribution < -0.4 is 0 Å². The number of amides is 2. The standard InChI is InChI=1S/C10H13NO2S/c1-14-10(5-2-6-10)7-11-8(12)3-4-9(11)13/h3-4H,2,5-7H2,1H3. The van der Waals surface area contributed by atoms with Crippen molar-refractivity contribution >= 4 is 23.6 Å². The normalized spacial score (nSPS) is 24.2. The number of hydrogen-bond donors (Lipinski definition) is 0. The average molecular weight is 211 g/mol. The first-order chi connectivity index (χ1) is 6.67. The second-order valence-electron chi connectivity index (χ2n) is 3.84. The van der Waals surface area contributed by atoms with E-state index in [1.54, 1.807) is 11.8 Å². The molecular formula is C10H13NO2S. The van der Waals surface area contributed by atoms with E-state index in [1.807, 2.05) is 0 Å². The molecule has 0 N–H and O–H groups in total. The fourth-order valence-electron chi connectivity index (χ4n) is 1.87. The van der Waals surface area contributed by atoms with Gasteiger partial charge in [0.1, 0.15) is 0 Å². The zero-order valence-corrected chi connectivity index (χ0v) is 8.97. The maximum absolute atomic E-state index is 11.3. The van der Waals surface area contributed by atoms with Gasteiger partial charge in [0.2, 0.25) is 0 Å². The largest absolute Gasteiger partial charge is 0.274 e. The van der Waals surface area contributed by atoms with Gasteiger partial charge in [0.15, 0.2) is 0 Å². The zero-order chi connectivity index (χ0) is 10.2. The number of hydrogen-bond acceptors (Lipinski definition) is 3. The number of nitrogens with zero attached hydrogens (tertiary/aromatic N) is 1. The second kappa shape index (κ2) is 3.42. The Kier molecular flexibility index (Phi) is 2.39. The van der Waals surface area contributed by atoms with E-state index < -0.39 is 0 Å². The van der Waals surface area contributed by atoms with Crippen LogP contribution in [0.3, 0.4) is 0 Å². The molecule has 1 aliphatic carbocycles. The summed E-state index contributed by atoms with van der Waals surface area (Å²) in [6.45, 7) is 0.582. The monoisotopic (exact) mass is 211 g/mol. The van der Waals surface area contributed by atoms with Crippen molar-refractivity contribution in [3.8, 4) is 0 Å². The van der Waals surface area contributed by atoms with Gasteiger partial charge in [-0.05, 0) is 19.1 Å². The van der Waals surface area contributed by atoms with Crippen LogP contribution in [0.4, 0.5) is 0 Å². The molecule has 0 bridgehead atoms. The van der Waals surface area contributed by atoms with Crippen LogP contribution in [0, 0.1) is 0 Å². The number of carbonyl (C=O) groups is 2. The van der Waals surface area contributed by atoms with Crippen molar-refractivity contribution in [2.45, 2.75) is 24.0 Å². The Balaban J connectivity index is 2.03. The number of carbonyl (C=O) groups excluding carboxylic acids is 2. The first-order valence-corrected chi connectivity index (χ1v) is 5.98. The molecule has 3 nitrogen and oxygen atoms in total. The summed E-state index contributed by atoms with van der Waals surface area (Å²) in [6.07, 6.45) is 8.21. The quantitative estimate of drug-likeness (QED) is 0.658. The van der Waals surface area contributed by atoms with Gasteiger partial charge in [0.05, 0.1) is 0 Å². The molecule has 1 aliphatic heterocycles. The third-order valence-electron chi connectivity index (χ3n) is 3.04. The number of rotatable bonds is 3. The van der Waals surface area contributed by atoms with Gasteiger partial charge in [-0.1, -0.05) is 6.42 Å². The maximum atomic E-state index is 11.3. The molecule has 2 amide bonds. The number of imide groups is 1. The summed E-state index contributed by atoms with van der Waals surface area (Å²) in [5.41, 5.74) is 0. The smallest absolute Gasteiger partial charge is 0.253 e. The summed E-state index contributed by atoms with van der Waals surface area (Å²) in [5, 5.41) is 0. The molecule has 2 aliphatic rings. The van der Waals surface area contributed by atoms with Crippen molar-refractivity contribution in [2.75, 3.05) is 12.8 Å². The van der Waals surface area contributed by atoms with Crippen molar-refractivity contribution in [3.05, 3.63) is 12.2 Å². The summed E-state index contributed by atoms with van der Waals surface area (Å²) >= 11 is 1.78. The maximum Gasteiger partial charge on any atom is 0.253 e. The molecular weight excluding hydrogens is 198 g/mol. The Morgan fingerprint density at radius 3 is 2.29 bits per heavy atom. The van der Waals surface area contributed by atoms with Crippen molar-refractivity contribution in [1.82, 2.24) is 4.90 Å². The molecule has 0 unspecified atom stereocenters. The molecule has 0 aromatic carbocycles. The van der Waals surface area contributed by atoms with Crippen LogP contribution in [-0.4, -0.2) is 34.3 Å². The Labute approximate surface area is 87.5 Å². The van der Waals surface area contributed by atoms with E-state index in [0.29, 0.717) is 6.54 Å². The van der Waals surface area contributed by atoms with Crippen LogP contribution in [0.2, 0.25) is 0 Å². The second-order valence-corrected chi connectivity index (χ2v) is 5.11. The molecule has 14 heavy (non-hydrogen) atoms. The van der Waals surface area contributed by atoms with Gasteiger partial charge < -0.3 is 0 Å². The van der Waals surface area contributed by atoms with E-state index in [2.05, 4.69) is 6.26 Å². The number of thioether (sulfide) groups is 1. The Hall–Kier alpha value is -0.770. The van der Waals surface area contributed by atoms with Gasteiger partial charge in [0, 0.05) is 23.4 Å². The molecule has 4 heteroatoms. The molecule has 0 spiro atoms. The summed E-state index contributed by atoms with van der Waals surface area (Å²) in [4.78, 5) is 24.0. The van der Waals surface area contributed by atoms with Crippen molar-refractivity contribution < 1.29 is 9.59 Å². The fourth-order valence-corrected chi connectivity index (χ4v) is 2.83. The Morgan fingerprint density at radius 1 is 1.36 bits per heavy atom. The lowest BCUT2D eigenvalue weighted by Gasteiger charge is -2.42. The van der Waals surface area contributed by atoms with Gasteiger partial charge >= 0.3 is 0 Å². The topological polar surface area (TPSA) is 37.4 Å². The summed E-state index contributed by atoms with van der Waals surface area (Å²) in [7, 11) is 0. The van der Waals surface area contributed by atoms with Crippen molar-refractivity contribution in [3.63, 3.8) is 0 Å². The minimum Gasteiger partial charge on any atom is -0.274 e. The molecule has 0 radical (unpaired) electrons.